The van der Waals surface area contributed by atoms with Gasteiger partial charge in [-0.05, 0) is 32.9 Å². The molecule has 0 aliphatic carbocycles. The van der Waals surface area contributed by atoms with E-state index in [4.69, 9.17) is 9.47 Å². The Kier molecular flexibility index (Phi) is 5.02. The Morgan fingerprint density at radius 2 is 2.22 bits per heavy atom. The number of nitrogens with zero attached hydrogens (tertiary/aromatic N) is 4. The van der Waals surface area contributed by atoms with Gasteiger partial charge in [0, 0.05) is 43.0 Å². The van der Waals surface area contributed by atoms with Gasteiger partial charge in [-0.15, -0.1) is 0 Å². The molecule has 0 saturated carbocycles. The number of morpholine rings is 1. The third-order valence-electron chi connectivity index (χ3n) is 6.12. The van der Waals surface area contributed by atoms with Crippen LogP contribution in [0.2, 0.25) is 0 Å². The Hall–Kier alpha value is -3.17. The molecule has 2 aromatic heterocycles. The van der Waals surface area contributed by atoms with Crippen molar-refractivity contribution in [1.29, 1.82) is 0 Å². The number of nitrogens with one attached hydrogen (secondary N) is 1. The predicted octanol–water partition coefficient (Wildman–Crippen LogP) is 2.28. The summed E-state index contributed by atoms with van der Waals surface area (Å²) in [6, 6.07) is 5.81. The number of amides is 1. The van der Waals surface area contributed by atoms with Gasteiger partial charge in [0.05, 0.1) is 36.9 Å². The molecule has 3 aromatic rings. The van der Waals surface area contributed by atoms with E-state index in [2.05, 4.69) is 27.2 Å². The van der Waals surface area contributed by atoms with Crippen LogP contribution in [0.1, 0.15) is 36.7 Å². The summed E-state index contributed by atoms with van der Waals surface area (Å²) < 4.78 is 13.5. The van der Waals surface area contributed by atoms with Crippen LogP contribution in [0.3, 0.4) is 0 Å². The van der Waals surface area contributed by atoms with Gasteiger partial charge < -0.3 is 24.8 Å². The fourth-order valence-electron chi connectivity index (χ4n) is 4.39. The van der Waals surface area contributed by atoms with Crippen LogP contribution >= 0.6 is 0 Å². The van der Waals surface area contributed by atoms with E-state index in [9.17, 15) is 9.90 Å². The van der Waals surface area contributed by atoms with Gasteiger partial charge in [-0.2, -0.15) is 5.10 Å². The molecule has 2 aliphatic heterocycles. The summed E-state index contributed by atoms with van der Waals surface area (Å²) in [6.07, 6.45) is 5.55. The Morgan fingerprint density at radius 3 is 3.03 bits per heavy atom. The fourth-order valence-corrected chi connectivity index (χ4v) is 4.39. The first-order valence-electron chi connectivity index (χ1n) is 10.8. The smallest absolute Gasteiger partial charge is 0.261 e. The first-order chi connectivity index (χ1) is 15.4. The summed E-state index contributed by atoms with van der Waals surface area (Å²) in [7, 11) is 0. The second-order valence-electron chi connectivity index (χ2n) is 8.91. The second kappa shape index (κ2) is 7.75. The number of hydrogen-bond donors (Lipinski definition) is 2. The molecule has 9 heteroatoms. The molecule has 9 nitrogen and oxygen atoms in total. The van der Waals surface area contributed by atoms with Gasteiger partial charge in [-0.1, -0.05) is 0 Å². The predicted molar refractivity (Wildman–Crippen MR) is 119 cm³/mol. The number of ether oxygens (including phenoxy) is 2. The molecule has 5 rings (SSSR count). The van der Waals surface area contributed by atoms with Crippen LogP contribution in [0.4, 0.5) is 11.4 Å². The lowest BCUT2D eigenvalue weighted by Gasteiger charge is -2.39. The molecule has 1 fully saturated rings. The van der Waals surface area contributed by atoms with E-state index < -0.39 is 5.60 Å². The van der Waals surface area contributed by atoms with Crippen LogP contribution in [0.25, 0.3) is 5.65 Å². The van der Waals surface area contributed by atoms with E-state index in [1.54, 1.807) is 23.0 Å². The number of hydrogen-bond acceptors (Lipinski definition) is 7. The van der Waals surface area contributed by atoms with Crippen molar-refractivity contribution in [3.05, 3.63) is 47.9 Å². The van der Waals surface area contributed by atoms with Gasteiger partial charge in [-0.25, -0.2) is 9.50 Å². The maximum absolute atomic E-state index is 13.2. The first kappa shape index (κ1) is 20.7. The number of aromatic nitrogens is 3. The third-order valence-corrected chi connectivity index (χ3v) is 6.12. The van der Waals surface area contributed by atoms with Gasteiger partial charge in [0.25, 0.3) is 5.91 Å². The number of aliphatic hydroxyl groups is 1. The maximum atomic E-state index is 13.2. The molecule has 1 aromatic carbocycles. The molecule has 1 amide bonds. The molecule has 3 atom stereocenters. The summed E-state index contributed by atoms with van der Waals surface area (Å²) >= 11 is 0. The number of aliphatic hydroxyl groups excluding tert-OH is 1. The molecule has 0 radical (unpaired) electrons. The van der Waals surface area contributed by atoms with E-state index in [1.807, 2.05) is 26.0 Å². The van der Waals surface area contributed by atoms with Crippen molar-refractivity contribution in [2.75, 3.05) is 30.0 Å². The lowest BCUT2D eigenvalue weighted by molar-refractivity contribution is 0.0342. The molecule has 32 heavy (non-hydrogen) atoms. The van der Waals surface area contributed by atoms with Crippen LogP contribution in [-0.2, 0) is 11.2 Å². The summed E-state index contributed by atoms with van der Waals surface area (Å²) in [6.45, 7) is 7.22. The average molecular weight is 438 g/mol. The zero-order valence-electron chi connectivity index (χ0n) is 18.4. The Bertz CT molecular complexity index is 1180. The molecular formula is C23H27N5O4. The van der Waals surface area contributed by atoms with Crippen molar-refractivity contribution in [3.8, 4) is 5.75 Å². The maximum Gasteiger partial charge on any atom is 0.261 e. The lowest BCUT2D eigenvalue weighted by atomic mass is 9.99. The molecular weight excluding hydrogens is 410 g/mol. The zero-order valence-corrected chi connectivity index (χ0v) is 18.4. The van der Waals surface area contributed by atoms with E-state index in [-0.39, 0.29) is 24.7 Å². The monoisotopic (exact) mass is 437 g/mol. The number of rotatable bonds is 4. The largest absolute Gasteiger partial charge is 0.484 e. The highest BCUT2D eigenvalue weighted by molar-refractivity contribution is 6.09. The van der Waals surface area contributed by atoms with Gasteiger partial charge in [0.2, 0.25) is 0 Å². The Morgan fingerprint density at radius 1 is 1.38 bits per heavy atom. The molecule has 2 aliphatic rings. The minimum Gasteiger partial charge on any atom is -0.484 e. The third kappa shape index (κ3) is 3.57. The van der Waals surface area contributed by atoms with Crippen molar-refractivity contribution in [3.63, 3.8) is 0 Å². The molecule has 168 valence electrons. The van der Waals surface area contributed by atoms with E-state index in [1.165, 1.54) is 6.20 Å². The highest BCUT2D eigenvalue weighted by Gasteiger charge is 2.36. The van der Waals surface area contributed by atoms with Crippen LogP contribution in [0, 0.1) is 0 Å². The number of carbonyl (C=O) groups is 1. The van der Waals surface area contributed by atoms with E-state index in [0.717, 1.165) is 17.0 Å². The summed E-state index contributed by atoms with van der Waals surface area (Å²) in [5, 5.41) is 17.1. The van der Waals surface area contributed by atoms with Crippen molar-refractivity contribution in [2.45, 2.75) is 44.9 Å². The Balaban J connectivity index is 1.54. The van der Waals surface area contributed by atoms with Crippen molar-refractivity contribution < 1.29 is 19.4 Å². The van der Waals surface area contributed by atoms with Crippen molar-refractivity contribution in [1.82, 2.24) is 14.6 Å². The number of carbonyl (C=O) groups excluding carboxylic acids is 1. The topological polar surface area (TPSA) is 101 Å². The molecule has 0 unspecified atom stereocenters. The summed E-state index contributed by atoms with van der Waals surface area (Å²) in [5.41, 5.74) is 2.74. The molecule has 2 N–H and O–H groups in total. The van der Waals surface area contributed by atoms with E-state index >= 15 is 0 Å². The quantitative estimate of drug-likeness (QED) is 0.646. The van der Waals surface area contributed by atoms with Crippen LogP contribution in [-0.4, -0.2) is 63.1 Å². The van der Waals surface area contributed by atoms with Gasteiger partial charge >= 0.3 is 0 Å². The van der Waals surface area contributed by atoms with Crippen molar-refractivity contribution >= 4 is 22.9 Å². The second-order valence-corrected chi connectivity index (χ2v) is 8.91. The molecule has 4 heterocycles. The average Bonchev–Trinajstić information content (AvgIpc) is 3.35. The van der Waals surface area contributed by atoms with E-state index in [0.29, 0.717) is 36.5 Å². The highest BCUT2D eigenvalue weighted by atomic mass is 16.5. The fraction of sp³-hybridized carbons (Fsp3) is 0.435. The molecule has 1 saturated heterocycles. The van der Waals surface area contributed by atoms with Gasteiger partial charge in [0.1, 0.15) is 16.9 Å². The first-order valence-corrected chi connectivity index (χ1v) is 10.8. The molecule has 0 spiro atoms. The standard InChI is InChI=1S/C23H27N5O4/c1-14-12-31-15(2)11-27(14)19-8-20-16(9-23(3,13-29)32-20)7-18(19)26-22(30)17-10-25-28-6-4-5-24-21(17)28/h4-8,10,14-15,29H,9,11-13H2,1-3H3,(H,26,30)/t14-,15-,23-/m0/s1. The summed E-state index contributed by atoms with van der Waals surface area (Å²) in [5.74, 6) is 0.455. The molecule has 0 bridgehead atoms. The number of fused-ring (bicyclic) bond motifs is 2. The minimum atomic E-state index is -0.668. The minimum absolute atomic E-state index is 0.0652. The Labute approximate surface area is 186 Å². The highest BCUT2D eigenvalue weighted by Crippen LogP contribution is 2.42. The van der Waals surface area contributed by atoms with Crippen LogP contribution in [0.15, 0.2) is 36.8 Å². The van der Waals surface area contributed by atoms with Gasteiger partial charge in [0.15, 0.2) is 5.65 Å². The SMILES string of the molecule is C[C@H]1CN(c2cc3c(cc2NC(=O)c2cnn4cccnc24)C[C@@](C)(CO)O3)[C@@H](C)CO1. The normalized spacial score (nSPS) is 24.9. The van der Waals surface area contributed by atoms with Crippen LogP contribution < -0.4 is 15.0 Å². The zero-order chi connectivity index (χ0) is 22.5. The summed E-state index contributed by atoms with van der Waals surface area (Å²) in [4.78, 5) is 19.8. The number of anilines is 2. The van der Waals surface area contributed by atoms with Crippen LogP contribution in [0.5, 0.6) is 5.75 Å². The number of benzene rings is 1. The van der Waals surface area contributed by atoms with Gasteiger partial charge in [-0.3, -0.25) is 4.79 Å². The van der Waals surface area contributed by atoms with Crippen molar-refractivity contribution in [2.24, 2.45) is 0 Å². The lowest BCUT2D eigenvalue weighted by Crippen LogP contribution is -2.47.